The third kappa shape index (κ3) is 4.40. The fraction of sp³-hybridized carbons (Fsp3) is 0.579. The second-order valence-corrected chi connectivity index (χ2v) is 7.27. The van der Waals surface area contributed by atoms with E-state index in [1.807, 2.05) is 0 Å². The second kappa shape index (κ2) is 8.30. The van der Waals surface area contributed by atoms with Crippen molar-refractivity contribution >= 4 is 23.4 Å². The monoisotopic (exact) mass is 363 g/mol. The van der Waals surface area contributed by atoms with Gasteiger partial charge in [-0.2, -0.15) is 0 Å². The molecular formula is C19H24ClN2O3. The highest BCUT2D eigenvalue weighted by Crippen LogP contribution is 2.27. The molecule has 1 radical (unpaired) electrons. The summed E-state index contributed by atoms with van der Waals surface area (Å²) in [7, 11) is 1.44. The highest BCUT2D eigenvalue weighted by atomic mass is 35.5. The Bertz CT molecular complexity index is 620. The molecule has 1 aromatic rings. The maximum absolute atomic E-state index is 12.8. The maximum Gasteiger partial charge on any atom is 0.309 e. The van der Waals surface area contributed by atoms with E-state index < -0.39 is 0 Å². The molecule has 135 valence electrons. The molecule has 6 heteroatoms. The quantitative estimate of drug-likeness (QED) is 0.609. The summed E-state index contributed by atoms with van der Waals surface area (Å²) in [6.07, 6.45) is 3.34. The molecular weight excluding hydrogens is 340 g/mol. The summed E-state index contributed by atoms with van der Waals surface area (Å²) < 4.78 is 4.89. The molecule has 5 nitrogen and oxygen atoms in total. The van der Waals surface area contributed by atoms with E-state index in [4.69, 9.17) is 21.7 Å². The molecule has 0 amide bonds. The molecule has 2 aliphatic rings. The van der Waals surface area contributed by atoms with Crippen LogP contribution in [0.15, 0.2) is 24.3 Å². The predicted octanol–water partition coefficient (Wildman–Crippen LogP) is 2.75. The van der Waals surface area contributed by atoms with Gasteiger partial charge >= 0.3 is 5.97 Å². The van der Waals surface area contributed by atoms with Crippen LogP contribution in [0.3, 0.4) is 0 Å². The molecule has 3 atom stereocenters. The molecule has 2 heterocycles. The van der Waals surface area contributed by atoms with Crippen molar-refractivity contribution in [3.05, 3.63) is 34.9 Å². The van der Waals surface area contributed by atoms with Gasteiger partial charge in [0.25, 0.3) is 0 Å². The lowest BCUT2D eigenvalue weighted by atomic mass is 9.87. The van der Waals surface area contributed by atoms with Crippen LogP contribution >= 0.6 is 11.6 Å². The van der Waals surface area contributed by atoms with Gasteiger partial charge in [0.1, 0.15) is 0 Å². The number of carbonyl (C=O) groups excluding carboxylic acids is 2. The summed E-state index contributed by atoms with van der Waals surface area (Å²) in [6.45, 7) is 2.28. The molecule has 2 saturated heterocycles. The van der Waals surface area contributed by atoms with Crippen LogP contribution in [0.4, 0.5) is 0 Å². The number of ketones is 1. The topological polar surface area (TPSA) is 60.7 Å². The molecule has 2 aliphatic heterocycles. The molecule has 2 unspecified atom stereocenters. The van der Waals surface area contributed by atoms with E-state index in [2.05, 4.69) is 4.90 Å². The summed E-state index contributed by atoms with van der Waals surface area (Å²) in [5.74, 6) is -0.0872. The third-order valence-electron chi connectivity index (χ3n) is 5.22. The van der Waals surface area contributed by atoms with E-state index in [0.29, 0.717) is 23.7 Å². The Morgan fingerprint density at radius 3 is 2.68 bits per heavy atom. The number of benzene rings is 1. The Kier molecular flexibility index (Phi) is 6.10. The first kappa shape index (κ1) is 18.4. The number of likely N-dealkylation sites (tertiary alicyclic amines) is 1. The average Bonchev–Trinajstić information content (AvgIpc) is 2.67. The van der Waals surface area contributed by atoms with Gasteiger partial charge in [0.05, 0.1) is 19.2 Å². The number of Topliss-reactive ketones (excluding diaryl/α,β-unsaturated/α-hetero) is 1. The van der Waals surface area contributed by atoms with Crippen molar-refractivity contribution in [3.8, 4) is 0 Å². The number of hydrogen-bond donors (Lipinski definition) is 0. The van der Waals surface area contributed by atoms with Gasteiger partial charge in [-0.3, -0.25) is 14.5 Å². The largest absolute Gasteiger partial charge is 0.469 e. The van der Waals surface area contributed by atoms with Gasteiger partial charge in [0.2, 0.25) is 0 Å². The molecule has 0 saturated carbocycles. The van der Waals surface area contributed by atoms with Gasteiger partial charge in [-0.05, 0) is 56.5 Å². The predicted molar refractivity (Wildman–Crippen MR) is 95.6 cm³/mol. The van der Waals surface area contributed by atoms with Crippen LogP contribution in [0, 0.1) is 11.8 Å². The lowest BCUT2D eigenvalue weighted by Gasteiger charge is -2.40. The normalized spacial score (nSPS) is 27.7. The van der Waals surface area contributed by atoms with Crippen molar-refractivity contribution in [1.82, 2.24) is 10.2 Å². The minimum atomic E-state index is -0.144. The van der Waals surface area contributed by atoms with Gasteiger partial charge in [-0.15, -0.1) is 0 Å². The molecule has 0 aliphatic carbocycles. The Morgan fingerprint density at radius 1 is 1.20 bits per heavy atom. The van der Waals surface area contributed by atoms with Crippen molar-refractivity contribution in [3.63, 3.8) is 0 Å². The molecule has 0 bridgehead atoms. The van der Waals surface area contributed by atoms with Gasteiger partial charge in [-0.1, -0.05) is 11.6 Å². The number of halogens is 1. The third-order valence-corrected chi connectivity index (χ3v) is 5.47. The van der Waals surface area contributed by atoms with Crippen LogP contribution in [-0.2, 0) is 9.53 Å². The molecule has 2 fully saturated rings. The zero-order valence-electron chi connectivity index (χ0n) is 14.5. The summed E-state index contributed by atoms with van der Waals surface area (Å²) >= 11 is 5.91. The number of ether oxygens (including phenoxy) is 1. The van der Waals surface area contributed by atoms with Crippen molar-refractivity contribution in [1.29, 1.82) is 0 Å². The van der Waals surface area contributed by atoms with Crippen molar-refractivity contribution in [2.75, 3.05) is 26.7 Å². The van der Waals surface area contributed by atoms with Crippen LogP contribution in [-0.4, -0.2) is 49.6 Å². The smallest absolute Gasteiger partial charge is 0.309 e. The van der Waals surface area contributed by atoms with Gasteiger partial charge in [0.15, 0.2) is 5.78 Å². The first-order valence-corrected chi connectivity index (χ1v) is 9.24. The molecule has 0 aromatic heterocycles. The molecule has 0 spiro atoms. The number of hydrogen-bond acceptors (Lipinski definition) is 4. The fourth-order valence-electron chi connectivity index (χ4n) is 3.81. The number of carbonyl (C=O) groups is 2. The van der Waals surface area contributed by atoms with Gasteiger partial charge in [0, 0.05) is 29.6 Å². The first-order chi connectivity index (χ1) is 12.1. The van der Waals surface area contributed by atoms with Crippen LogP contribution in [0.5, 0.6) is 0 Å². The average molecular weight is 364 g/mol. The summed E-state index contributed by atoms with van der Waals surface area (Å²) in [4.78, 5) is 26.9. The van der Waals surface area contributed by atoms with Crippen LogP contribution in [0.1, 0.15) is 36.0 Å². The Balaban J connectivity index is 1.63. The first-order valence-electron chi connectivity index (χ1n) is 8.86. The van der Waals surface area contributed by atoms with E-state index in [0.717, 1.165) is 32.2 Å². The number of nitrogens with zero attached hydrogens (tertiary/aromatic N) is 2. The Labute approximate surface area is 153 Å². The minimum absolute atomic E-state index is 0.0162. The summed E-state index contributed by atoms with van der Waals surface area (Å²) in [5, 5.41) is 5.35. The zero-order chi connectivity index (χ0) is 17.8. The Hall–Kier alpha value is -1.43. The van der Waals surface area contributed by atoms with Crippen molar-refractivity contribution in [2.24, 2.45) is 11.8 Å². The summed E-state index contributed by atoms with van der Waals surface area (Å²) in [5.41, 5.74) is 0.709. The zero-order valence-corrected chi connectivity index (χ0v) is 15.2. The second-order valence-electron chi connectivity index (χ2n) is 6.84. The van der Waals surface area contributed by atoms with E-state index >= 15 is 0 Å². The lowest BCUT2D eigenvalue weighted by Crippen LogP contribution is -2.52. The molecule has 0 N–H and O–H groups in total. The number of esters is 1. The standard InChI is InChI=1S/C19H24ClN2O3/c1-25-19(24)15-3-2-10-22(12-15)17-11-14(8-9-21-17)18(23)13-4-6-16(20)7-5-13/h4-7,14-15,17H,2-3,8-12H2,1H3/t14?,15-,17?/m0/s1. The van der Waals surface area contributed by atoms with Crippen molar-refractivity contribution < 1.29 is 14.3 Å². The van der Waals surface area contributed by atoms with Crippen LogP contribution < -0.4 is 5.32 Å². The fourth-order valence-corrected chi connectivity index (χ4v) is 3.94. The number of rotatable bonds is 4. The van der Waals surface area contributed by atoms with E-state index in [-0.39, 0.29) is 29.8 Å². The van der Waals surface area contributed by atoms with Crippen LogP contribution in [0.25, 0.3) is 0 Å². The lowest BCUT2D eigenvalue weighted by molar-refractivity contribution is -0.147. The SMILES string of the molecule is COC(=O)[C@H]1CCCN(C2CC(C(=O)c3ccc(Cl)cc3)CC[N]2)C1. The molecule has 1 aromatic carbocycles. The number of methoxy groups -OCH3 is 1. The van der Waals surface area contributed by atoms with E-state index in [1.54, 1.807) is 24.3 Å². The minimum Gasteiger partial charge on any atom is -0.469 e. The number of piperidine rings is 2. The van der Waals surface area contributed by atoms with E-state index in [1.165, 1.54) is 7.11 Å². The molecule has 3 rings (SSSR count). The highest BCUT2D eigenvalue weighted by Gasteiger charge is 2.35. The highest BCUT2D eigenvalue weighted by molar-refractivity contribution is 6.30. The van der Waals surface area contributed by atoms with Gasteiger partial charge < -0.3 is 4.74 Å². The molecule has 25 heavy (non-hydrogen) atoms. The Morgan fingerprint density at radius 2 is 1.96 bits per heavy atom. The van der Waals surface area contributed by atoms with Gasteiger partial charge in [-0.25, -0.2) is 5.32 Å². The summed E-state index contributed by atoms with van der Waals surface area (Å²) in [6, 6.07) is 7.09. The van der Waals surface area contributed by atoms with Crippen molar-refractivity contribution in [2.45, 2.75) is 31.8 Å². The van der Waals surface area contributed by atoms with Crippen LogP contribution in [0.2, 0.25) is 5.02 Å². The maximum atomic E-state index is 12.8. The van der Waals surface area contributed by atoms with E-state index in [9.17, 15) is 9.59 Å².